The van der Waals surface area contributed by atoms with Gasteiger partial charge in [0.15, 0.2) is 0 Å². The summed E-state index contributed by atoms with van der Waals surface area (Å²) in [6.45, 7) is 1.98. The molecule has 0 bridgehead atoms. The van der Waals surface area contributed by atoms with Crippen molar-refractivity contribution in [2.45, 2.75) is 25.7 Å². The largest absolute Gasteiger partial charge is 0.360 e. The quantitative estimate of drug-likeness (QED) is 0.912. The van der Waals surface area contributed by atoms with E-state index in [4.69, 9.17) is 5.41 Å². The van der Waals surface area contributed by atoms with Gasteiger partial charge in [0.2, 0.25) is 0 Å². The molecular weight excluding hydrogens is 234 g/mol. The predicted molar refractivity (Wildman–Crippen MR) is 78.6 cm³/mol. The molecule has 1 N–H and O–H groups in total. The van der Waals surface area contributed by atoms with Crippen molar-refractivity contribution < 1.29 is 0 Å². The summed E-state index contributed by atoms with van der Waals surface area (Å²) in [4.78, 5) is 6.71. The molecule has 1 aliphatic rings. The average Bonchev–Trinajstić information content (AvgIpc) is 2.46. The van der Waals surface area contributed by atoms with E-state index in [-0.39, 0.29) is 0 Å². The first kappa shape index (κ1) is 12.2. The van der Waals surface area contributed by atoms with Gasteiger partial charge in [0.05, 0.1) is 11.4 Å². The summed E-state index contributed by atoms with van der Waals surface area (Å²) < 4.78 is 0. The summed E-state index contributed by atoms with van der Waals surface area (Å²) >= 11 is 0. The zero-order chi connectivity index (χ0) is 13.1. The van der Waals surface area contributed by atoms with Crippen LogP contribution in [0.5, 0.6) is 0 Å². The van der Waals surface area contributed by atoms with Gasteiger partial charge in [-0.2, -0.15) is 0 Å². The highest BCUT2D eigenvalue weighted by Gasteiger charge is 2.14. The molecule has 98 valence electrons. The van der Waals surface area contributed by atoms with Crippen LogP contribution in [0.3, 0.4) is 0 Å². The molecule has 3 rings (SSSR count). The monoisotopic (exact) mass is 253 g/mol. The lowest BCUT2D eigenvalue weighted by molar-refractivity contribution is 0.371. The van der Waals surface area contributed by atoms with Crippen molar-refractivity contribution in [3.05, 3.63) is 42.1 Å². The normalized spacial score (nSPS) is 16.0. The number of fused-ring (bicyclic) bond motifs is 1. The second-order valence-corrected chi connectivity index (χ2v) is 5.13. The second-order valence-electron chi connectivity index (χ2n) is 5.13. The summed E-state index contributed by atoms with van der Waals surface area (Å²) in [5.74, 6) is 0.805. The van der Waals surface area contributed by atoms with Crippen molar-refractivity contribution in [1.29, 1.82) is 5.41 Å². The Kier molecular flexibility index (Phi) is 3.45. The smallest absolute Gasteiger partial charge is 0.0957 e. The van der Waals surface area contributed by atoms with Crippen LogP contribution in [0.15, 0.2) is 36.5 Å². The number of hydrogen-bond donors (Lipinski definition) is 1. The van der Waals surface area contributed by atoms with E-state index in [1.165, 1.54) is 23.8 Å². The average molecular weight is 253 g/mol. The highest BCUT2D eigenvalue weighted by molar-refractivity contribution is 5.82. The lowest BCUT2D eigenvalue weighted by Gasteiger charge is -2.29. The Morgan fingerprint density at radius 3 is 2.95 bits per heavy atom. The van der Waals surface area contributed by atoms with Gasteiger partial charge in [-0.15, -0.1) is 0 Å². The first-order valence-corrected chi connectivity index (χ1v) is 6.99. The van der Waals surface area contributed by atoms with Crippen LogP contribution in [0.25, 0.3) is 10.9 Å². The predicted octanol–water partition coefficient (Wildman–Crippen LogP) is 3.24. The molecule has 3 heteroatoms. The Balaban J connectivity index is 1.76. The van der Waals surface area contributed by atoms with Gasteiger partial charge in [-0.3, -0.25) is 10.4 Å². The number of pyridine rings is 1. The number of para-hydroxylation sites is 1. The molecule has 1 saturated heterocycles. The van der Waals surface area contributed by atoms with Gasteiger partial charge < -0.3 is 4.90 Å². The van der Waals surface area contributed by atoms with Crippen LogP contribution < -0.4 is 0 Å². The maximum Gasteiger partial charge on any atom is 0.0957 e. The Labute approximate surface area is 113 Å². The third-order valence-electron chi connectivity index (χ3n) is 3.84. The van der Waals surface area contributed by atoms with Gasteiger partial charge in [-0.05, 0) is 30.9 Å². The highest BCUT2D eigenvalue weighted by Crippen LogP contribution is 2.18. The molecule has 1 aliphatic heterocycles. The van der Waals surface area contributed by atoms with E-state index in [2.05, 4.69) is 34.1 Å². The molecule has 0 radical (unpaired) electrons. The van der Waals surface area contributed by atoms with Crippen LogP contribution >= 0.6 is 0 Å². The maximum atomic E-state index is 7.98. The highest BCUT2D eigenvalue weighted by atomic mass is 15.2. The van der Waals surface area contributed by atoms with Crippen LogP contribution in [-0.4, -0.2) is 28.8 Å². The minimum Gasteiger partial charge on any atom is -0.360 e. The van der Waals surface area contributed by atoms with E-state index >= 15 is 0 Å². The van der Waals surface area contributed by atoms with E-state index in [9.17, 15) is 0 Å². The minimum atomic E-state index is 0.805. The number of benzene rings is 1. The molecule has 1 fully saturated rings. The molecule has 0 aliphatic carbocycles. The van der Waals surface area contributed by atoms with Gasteiger partial charge in [-0.1, -0.05) is 24.3 Å². The van der Waals surface area contributed by atoms with E-state index < -0.39 is 0 Å². The van der Waals surface area contributed by atoms with Crippen molar-refractivity contribution in [1.82, 2.24) is 9.88 Å². The molecule has 0 spiro atoms. The fourth-order valence-corrected chi connectivity index (χ4v) is 2.76. The number of piperidine rings is 1. The van der Waals surface area contributed by atoms with Gasteiger partial charge >= 0.3 is 0 Å². The zero-order valence-electron chi connectivity index (χ0n) is 11.1. The van der Waals surface area contributed by atoms with E-state index in [0.29, 0.717) is 0 Å². The fourth-order valence-electron chi connectivity index (χ4n) is 2.76. The molecule has 2 aromatic rings. The van der Waals surface area contributed by atoms with E-state index in [0.717, 1.165) is 37.3 Å². The summed E-state index contributed by atoms with van der Waals surface area (Å²) in [6.07, 6.45) is 6.15. The Hall–Kier alpha value is -1.90. The molecule has 3 nitrogen and oxygen atoms in total. The van der Waals surface area contributed by atoms with Crippen LogP contribution in [0.2, 0.25) is 0 Å². The SMILES string of the molecule is N=C1CCCCN1CCc1cccc2cccnc12. The van der Waals surface area contributed by atoms with Crippen LogP contribution in [-0.2, 0) is 6.42 Å². The van der Waals surface area contributed by atoms with Crippen molar-refractivity contribution in [2.24, 2.45) is 0 Å². The fraction of sp³-hybridized carbons (Fsp3) is 0.375. The molecule has 0 saturated carbocycles. The molecule has 2 heterocycles. The number of amidine groups is 1. The Morgan fingerprint density at radius 2 is 2.05 bits per heavy atom. The number of likely N-dealkylation sites (tertiary alicyclic amines) is 1. The Morgan fingerprint density at radius 1 is 1.16 bits per heavy atom. The summed E-state index contributed by atoms with van der Waals surface area (Å²) in [7, 11) is 0. The second kappa shape index (κ2) is 5.39. The molecule has 19 heavy (non-hydrogen) atoms. The first-order valence-electron chi connectivity index (χ1n) is 6.99. The zero-order valence-corrected chi connectivity index (χ0v) is 11.1. The lowest BCUT2D eigenvalue weighted by atomic mass is 10.1. The minimum absolute atomic E-state index is 0.805. The Bertz CT molecular complexity index is 586. The van der Waals surface area contributed by atoms with Crippen molar-refractivity contribution in [3.8, 4) is 0 Å². The van der Waals surface area contributed by atoms with Crippen LogP contribution in [0.4, 0.5) is 0 Å². The van der Waals surface area contributed by atoms with Gasteiger partial charge in [-0.25, -0.2) is 0 Å². The van der Waals surface area contributed by atoms with Crippen molar-refractivity contribution in [3.63, 3.8) is 0 Å². The lowest BCUT2D eigenvalue weighted by Crippen LogP contribution is -2.36. The summed E-state index contributed by atoms with van der Waals surface area (Å²) in [6, 6.07) is 10.4. The number of rotatable bonds is 3. The van der Waals surface area contributed by atoms with E-state index in [1.54, 1.807) is 0 Å². The van der Waals surface area contributed by atoms with Crippen LogP contribution in [0.1, 0.15) is 24.8 Å². The standard InChI is InChI=1S/C16H19N3/c17-15-8-1-2-11-19(15)12-9-14-6-3-5-13-7-4-10-18-16(13)14/h3-7,10,17H,1-2,8-9,11-12H2. The third kappa shape index (κ3) is 2.60. The number of hydrogen-bond acceptors (Lipinski definition) is 2. The van der Waals surface area contributed by atoms with E-state index in [1.807, 2.05) is 12.3 Å². The number of nitrogens with zero attached hydrogens (tertiary/aromatic N) is 2. The van der Waals surface area contributed by atoms with Gasteiger partial charge in [0.1, 0.15) is 0 Å². The number of aromatic nitrogens is 1. The van der Waals surface area contributed by atoms with Gasteiger partial charge in [0, 0.05) is 31.1 Å². The molecule has 0 amide bonds. The van der Waals surface area contributed by atoms with Crippen LogP contribution in [0, 0.1) is 5.41 Å². The molecule has 1 aromatic carbocycles. The molecule has 0 atom stereocenters. The molecule has 0 unspecified atom stereocenters. The topological polar surface area (TPSA) is 40.0 Å². The van der Waals surface area contributed by atoms with Gasteiger partial charge in [0.25, 0.3) is 0 Å². The summed E-state index contributed by atoms with van der Waals surface area (Å²) in [5, 5.41) is 9.19. The number of nitrogens with one attached hydrogen (secondary N) is 1. The first-order chi connectivity index (χ1) is 9.34. The summed E-state index contributed by atoms with van der Waals surface area (Å²) in [5.41, 5.74) is 2.39. The third-order valence-corrected chi connectivity index (χ3v) is 3.84. The maximum absolute atomic E-state index is 7.98. The molecule has 1 aromatic heterocycles. The molecular formula is C16H19N3. The van der Waals surface area contributed by atoms with Crippen molar-refractivity contribution in [2.75, 3.05) is 13.1 Å². The van der Waals surface area contributed by atoms with Crippen molar-refractivity contribution >= 4 is 16.7 Å².